The van der Waals surface area contributed by atoms with Crippen molar-refractivity contribution in [2.75, 3.05) is 24.8 Å². The molecule has 1 aromatic heterocycles. The molecule has 8 heteroatoms. The van der Waals surface area contributed by atoms with Gasteiger partial charge in [0, 0.05) is 31.0 Å². The summed E-state index contributed by atoms with van der Waals surface area (Å²) in [5.41, 5.74) is 0. The van der Waals surface area contributed by atoms with Crippen LogP contribution in [-0.2, 0) is 10.0 Å². The van der Waals surface area contributed by atoms with Gasteiger partial charge < -0.3 is 0 Å². The first-order valence-electron chi connectivity index (χ1n) is 4.76. The zero-order valence-corrected chi connectivity index (χ0v) is 11.1. The minimum Gasteiger partial charge on any atom is -0.241 e. The van der Waals surface area contributed by atoms with Gasteiger partial charge in [0.15, 0.2) is 5.82 Å². The third kappa shape index (κ3) is 3.51. The summed E-state index contributed by atoms with van der Waals surface area (Å²) in [4.78, 5) is 3.54. The van der Waals surface area contributed by atoms with Crippen LogP contribution in [0, 0.1) is 5.82 Å². The number of pyridine rings is 1. The van der Waals surface area contributed by atoms with Crippen LogP contribution in [0.15, 0.2) is 23.4 Å². The van der Waals surface area contributed by atoms with Crippen molar-refractivity contribution in [3.8, 4) is 0 Å². The zero-order valence-electron chi connectivity index (χ0n) is 8.81. The van der Waals surface area contributed by atoms with Gasteiger partial charge in [0.25, 0.3) is 10.0 Å². The fraction of sp³-hybridized carbons (Fsp3) is 0.444. The first-order valence-corrected chi connectivity index (χ1v) is 7.27. The lowest BCUT2D eigenvalue weighted by Crippen LogP contribution is -2.35. The fourth-order valence-corrected chi connectivity index (χ4v) is 3.25. The summed E-state index contributed by atoms with van der Waals surface area (Å²) in [7, 11) is -3.98. The maximum Gasteiger partial charge on any atom is 0.263 e. The molecule has 0 unspecified atom stereocenters. The van der Waals surface area contributed by atoms with Gasteiger partial charge in [0.05, 0.1) is 0 Å². The molecule has 0 aromatic carbocycles. The van der Waals surface area contributed by atoms with Gasteiger partial charge in [0.1, 0.15) is 0 Å². The number of halogens is 3. The van der Waals surface area contributed by atoms with Crippen molar-refractivity contribution >= 4 is 33.2 Å². The molecule has 0 aliphatic carbocycles. The summed E-state index contributed by atoms with van der Waals surface area (Å²) < 4.78 is 38.5. The Hall–Kier alpha value is -0.430. The molecule has 1 rings (SSSR count). The molecule has 96 valence electrons. The smallest absolute Gasteiger partial charge is 0.241 e. The average Bonchev–Trinajstić information content (AvgIpc) is 2.29. The quantitative estimate of drug-likeness (QED) is 0.751. The third-order valence-corrected chi connectivity index (χ3v) is 4.15. The van der Waals surface area contributed by atoms with Gasteiger partial charge in [-0.2, -0.15) is 4.31 Å². The van der Waals surface area contributed by atoms with Gasteiger partial charge in [-0.05, 0) is 12.1 Å². The molecule has 0 saturated heterocycles. The molecule has 0 atom stereocenters. The van der Waals surface area contributed by atoms with E-state index in [4.69, 9.17) is 23.2 Å². The molecule has 4 nitrogen and oxygen atoms in total. The molecule has 0 fully saturated rings. The Morgan fingerprint density at radius 2 is 1.88 bits per heavy atom. The van der Waals surface area contributed by atoms with E-state index in [9.17, 15) is 12.8 Å². The number of aromatic nitrogens is 1. The van der Waals surface area contributed by atoms with E-state index in [0.29, 0.717) is 0 Å². The lowest BCUT2D eigenvalue weighted by Gasteiger charge is -2.19. The van der Waals surface area contributed by atoms with Crippen LogP contribution in [0.1, 0.15) is 0 Å². The normalized spacial score (nSPS) is 12.0. The Labute approximate surface area is 109 Å². The van der Waals surface area contributed by atoms with E-state index in [0.717, 1.165) is 10.4 Å². The van der Waals surface area contributed by atoms with E-state index in [-0.39, 0.29) is 24.8 Å². The Balaban J connectivity index is 3.12. The summed E-state index contributed by atoms with van der Waals surface area (Å²) in [5.74, 6) is -0.684. The van der Waals surface area contributed by atoms with Crippen LogP contribution < -0.4 is 0 Å². The van der Waals surface area contributed by atoms with Gasteiger partial charge in [-0.3, -0.25) is 0 Å². The molecule has 0 amide bonds. The summed E-state index contributed by atoms with van der Waals surface area (Å²) in [6.45, 7) is 0.124. The molecule has 0 radical (unpaired) electrons. The number of sulfonamides is 1. The molecule has 1 heterocycles. The van der Waals surface area contributed by atoms with Crippen molar-refractivity contribution in [2.24, 2.45) is 0 Å². The SMILES string of the molecule is O=S(=O)(c1ncccc1F)N(CCCl)CCCl. The van der Waals surface area contributed by atoms with E-state index < -0.39 is 20.9 Å². The maximum atomic E-state index is 13.4. The topological polar surface area (TPSA) is 50.3 Å². The third-order valence-electron chi connectivity index (χ3n) is 1.98. The van der Waals surface area contributed by atoms with Gasteiger partial charge in [-0.1, -0.05) is 0 Å². The van der Waals surface area contributed by atoms with Crippen molar-refractivity contribution in [2.45, 2.75) is 5.03 Å². The zero-order chi connectivity index (χ0) is 12.9. The van der Waals surface area contributed by atoms with Crippen LogP contribution in [0.25, 0.3) is 0 Å². The second kappa shape index (κ2) is 6.49. The largest absolute Gasteiger partial charge is 0.263 e. The van der Waals surface area contributed by atoms with Crippen LogP contribution in [0.2, 0.25) is 0 Å². The van der Waals surface area contributed by atoms with Crippen LogP contribution in [-0.4, -0.2) is 42.6 Å². The Bertz CT molecular complexity index is 464. The molecule has 17 heavy (non-hydrogen) atoms. The first kappa shape index (κ1) is 14.6. The predicted molar refractivity (Wildman–Crippen MR) is 64.4 cm³/mol. The Morgan fingerprint density at radius 3 is 2.35 bits per heavy atom. The average molecular weight is 301 g/mol. The van der Waals surface area contributed by atoms with Crippen molar-refractivity contribution in [1.82, 2.24) is 9.29 Å². The predicted octanol–water partition coefficient (Wildman–Crippen LogP) is 1.69. The highest BCUT2D eigenvalue weighted by Gasteiger charge is 2.27. The van der Waals surface area contributed by atoms with Gasteiger partial charge >= 0.3 is 0 Å². The molecular weight excluding hydrogens is 290 g/mol. The van der Waals surface area contributed by atoms with E-state index in [1.165, 1.54) is 12.3 Å². The lowest BCUT2D eigenvalue weighted by atomic mass is 10.5. The van der Waals surface area contributed by atoms with Crippen molar-refractivity contribution in [1.29, 1.82) is 0 Å². The minimum absolute atomic E-state index is 0.0621. The number of nitrogens with zero attached hydrogens (tertiary/aromatic N) is 2. The van der Waals surface area contributed by atoms with E-state index in [2.05, 4.69) is 4.98 Å². The minimum atomic E-state index is -3.98. The van der Waals surface area contributed by atoms with Crippen LogP contribution in [0.4, 0.5) is 4.39 Å². The summed E-state index contributed by atoms with van der Waals surface area (Å²) in [6, 6.07) is 2.36. The summed E-state index contributed by atoms with van der Waals surface area (Å²) >= 11 is 11.0. The van der Waals surface area contributed by atoms with E-state index >= 15 is 0 Å². The number of alkyl halides is 2. The first-order chi connectivity index (χ1) is 8.04. The molecule has 0 spiro atoms. The highest BCUT2D eigenvalue weighted by atomic mass is 35.5. The molecule has 0 N–H and O–H groups in total. The van der Waals surface area contributed by atoms with Crippen molar-refractivity contribution in [3.63, 3.8) is 0 Å². The number of hydrogen-bond acceptors (Lipinski definition) is 3. The number of hydrogen-bond donors (Lipinski definition) is 0. The Kier molecular flexibility index (Phi) is 5.58. The second-order valence-electron chi connectivity index (χ2n) is 3.07. The molecule has 0 aliphatic heterocycles. The van der Waals surface area contributed by atoms with Crippen LogP contribution >= 0.6 is 23.2 Å². The molecule has 1 aromatic rings. The van der Waals surface area contributed by atoms with E-state index in [1.54, 1.807) is 0 Å². The summed E-state index contributed by atoms with van der Waals surface area (Å²) in [5, 5.41) is -0.602. The van der Waals surface area contributed by atoms with Gasteiger partial charge in [-0.25, -0.2) is 17.8 Å². The second-order valence-corrected chi connectivity index (χ2v) is 5.68. The monoisotopic (exact) mass is 300 g/mol. The highest BCUT2D eigenvalue weighted by Crippen LogP contribution is 2.16. The molecular formula is C9H11Cl2FN2O2S. The van der Waals surface area contributed by atoms with Crippen LogP contribution in [0.5, 0.6) is 0 Å². The fourth-order valence-electron chi connectivity index (χ4n) is 1.22. The molecule has 0 bridgehead atoms. The standard InChI is InChI=1S/C9H11Cl2FN2O2S/c10-3-6-14(7-4-11)17(15,16)9-8(12)2-1-5-13-9/h1-2,5H,3-4,6-7H2. The van der Waals surface area contributed by atoms with Crippen molar-refractivity contribution in [3.05, 3.63) is 24.1 Å². The maximum absolute atomic E-state index is 13.4. The Morgan fingerprint density at radius 1 is 1.29 bits per heavy atom. The molecule has 0 aliphatic rings. The van der Waals surface area contributed by atoms with Crippen molar-refractivity contribution < 1.29 is 12.8 Å². The van der Waals surface area contributed by atoms with Gasteiger partial charge in [0.2, 0.25) is 5.03 Å². The van der Waals surface area contributed by atoms with E-state index in [1.807, 2.05) is 0 Å². The lowest BCUT2D eigenvalue weighted by molar-refractivity contribution is 0.438. The number of rotatable bonds is 6. The van der Waals surface area contributed by atoms with Crippen LogP contribution in [0.3, 0.4) is 0 Å². The molecule has 0 saturated carbocycles. The highest BCUT2D eigenvalue weighted by molar-refractivity contribution is 7.89. The van der Waals surface area contributed by atoms with Gasteiger partial charge in [-0.15, -0.1) is 23.2 Å². The summed E-state index contributed by atoms with van der Waals surface area (Å²) in [6.07, 6.45) is 1.22.